The smallest absolute Gasteiger partial charge is 0.139 e. The highest BCUT2D eigenvalue weighted by atomic mass is 35.5. The molecular weight excluding hydrogens is 264 g/mol. The summed E-state index contributed by atoms with van der Waals surface area (Å²) < 4.78 is 10.3. The van der Waals surface area contributed by atoms with Crippen molar-refractivity contribution in [2.75, 3.05) is 25.3 Å². The molecule has 2 aromatic rings. The van der Waals surface area contributed by atoms with E-state index in [0.29, 0.717) is 22.2 Å². The Kier molecular flexibility index (Phi) is 4.02. The van der Waals surface area contributed by atoms with E-state index in [2.05, 4.69) is 5.32 Å². The topological polar surface area (TPSA) is 56.5 Å². The van der Waals surface area contributed by atoms with Crippen molar-refractivity contribution in [1.82, 2.24) is 0 Å². The third kappa shape index (κ3) is 3.23. The van der Waals surface area contributed by atoms with E-state index in [9.17, 15) is 0 Å². The third-order valence-electron chi connectivity index (χ3n) is 2.60. The van der Waals surface area contributed by atoms with Crippen LogP contribution in [0.15, 0.2) is 36.4 Å². The van der Waals surface area contributed by atoms with E-state index in [4.69, 9.17) is 26.8 Å². The maximum atomic E-state index is 5.98. The zero-order chi connectivity index (χ0) is 13.8. The van der Waals surface area contributed by atoms with Gasteiger partial charge in [0.1, 0.15) is 11.5 Å². The fourth-order valence-corrected chi connectivity index (χ4v) is 1.91. The van der Waals surface area contributed by atoms with E-state index in [1.54, 1.807) is 26.4 Å². The predicted molar refractivity (Wildman–Crippen MR) is 78.7 cm³/mol. The number of halogens is 1. The SMILES string of the molecule is COc1cc(N)cc(Nc2ccc(Cl)c(OC)c2)c1. The second kappa shape index (κ2) is 5.71. The number of methoxy groups -OCH3 is 2. The van der Waals surface area contributed by atoms with Gasteiger partial charge in [-0.3, -0.25) is 0 Å². The number of anilines is 3. The lowest BCUT2D eigenvalue weighted by Gasteiger charge is -2.11. The molecule has 0 saturated carbocycles. The van der Waals surface area contributed by atoms with Crippen LogP contribution >= 0.6 is 11.6 Å². The van der Waals surface area contributed by atoms with Crippen molar-refractivity contribution >= 4 is 28.7 Å². The van der Waals surface area contributed by atoms with Gasteiger partial charge in [-0.15, -0.1) is 0 Å². The Morgan fingerprint density at radius 2 is 1.79 bits per heavy atom. The molecular formula is C14H15ClN2O2. The van der Waals surface area contributed by atoms with E-state index in [0.717, 1.165) is 11.4 Å². The average molecular weight is 279 g/mol. The van der Waals surface area contributed by atoms with Gasteiger partial charge in [-0.1, -0.05) is 11.6 Å². The number of benzene rings is 2. The standard InChI is InChI=1S/C14H15ClN2O2/c1-18-12-6-9(16)5-11(7-12)17-10-3-4-13(15)14(8-10)19-2/h3-8,17H,16H2,1-2H3. The number of hydrogen-bond donors (Lipinski definition) is 2. The van der Waals surface area contributed by atoms with E-state index < -0.39 is 0 Å². The second-order valence-corrected chi connectivity index (χ2v) is 4.38. The van der Waals surface area contributed by atoms with Crippen molar-refractivity contribution in [3.8, 4) is 11.5 Å². The molecule has 0 aliphatic carbocycles. The molecule has 0 aliphatic heterocycles. The molecule has 0 atom stereocenters. The fraction of sp³-hybridized carbons (Fsp3) is 0.143. The summed E-state index contributed by atoms with van der Waals surface area (Å²) in [6, 6.07) is 10.9. The van der Waals surface area contributed by atoms with Crippen LogP contribution in [0.2, 0.25) is 5.02 Å². The summed E-state index contributed by atoms with van der Waals surface area (Å²) in [5.74, 6) is 1.31. The highest BCUT2D eigenvalue weighted by Crippen LogP contribution is 2.30. The number of nitrogens with one attached hydrogen (secondary N) is 1. The van der Waals surface area contributed by atoms with Gasteiger partial charge in [0.05, 0.1) is 19.2 Å². The lowest BCUT2D eigenvalue weighted by molar-refractivity contribution is 0.415. The third-order valence-corrected chi connectivity index (χ3v) is 2.92. The minimum absolute atomic E-state index is 0.568. The Morgan fingerprint density at radius 1 is 1.00 bits per heavy atom. The molecule has 0 heterocycles. The van der Waals surface area contributed by atoms with Crippen molar-refractivity contribution < 1.29 is 9.47 Å². The van der Waals surface area contributed by atoms with Gasteiger partial charge in [-0.05, 0) is 18.2 Å². The summed E-state index contributed by atoms with van der Waals surface area (Å²) in [6.07, 6.45) is 0. The first-order valence-corrected chi connectivity index (χ1v) is 6.05. The number of nitrogen functional groups attached to an aromatic ring is 1. The molecule has 0 aliphatic rings. The molecule has 5 heteroatoms. The lowest BCUT2D eigenvalue weighted by Crippen LogP contribution is -1.95. The Bertz CT molecular complexity index is 588. The van der Waals surface area contributed by atoms with Crippen LogP contribution in [0.5, 0.6) is 11.5 Å². The number of rotatable bonds is 4. The first-order chi connectivity index (χ1) is 9.12. The van der Waals surface area contributed by atoms with Crippen LogP contribution in [-0.2, 0) is 0 Å². The van der Waals surface area contributed by atoms with Gasteiger partial charge >= 0.3 is 0 Å². The van der Waals surface area contributed by atoms with E-state index in [1.165, 1.54) is 0 Å². The molecule has 0 radical (unpaired) electrons. The van der Waals surface area contributed by atoms with Crippen molar-refractivity contribution in [3.63, 3.8) is 0 Å². The Labute approximate surface area is 117 Å². The van der Waals surface area contributed by atoms with Crippen LogP contribution in [0.4, 0.5) is 17.1 Å². The molecule has 0 fully saturated rings. The quantitative estimate of drug-likeness (QED) is 0.838. The first-order valence-electron chi connectivity index (χ1n) is 5.67. The fourth-order valence-electron chi connectivity index (χ4n) is 1.72. The summed E-state index contributed by atoms with van der Waals surface area (Å²) >= 11 is 5.98. The van der Waals surface area contributed by atoms with Gasteiger partial charge in [0.15, 0.2) is 0 Å². The summed E-state index contributed by atoms with van der Waals surface area (Å²) in [4.78, 5) is 0. The minimum atomic E-state index is 0.568. The van der Waals surface area contributed by atoms with Crippen LogP contribution in [0.3, 0.4) is 0 Å². The van der Waals surface area contributed by atoms with Gasteiger partial charge in [-0.25, -0.2) is 0 Å². The average Bonchev–Trinajstić information content (AvgIpc) is 2.40. The van der Waals surface area contributed by atoms with Crippen LogP contribution in [0.1, 0.15) is 0 Å². The molecule has 0 aromatic heterocycles. The number of ether oxygens (including phenoxy) is 2. The minimum Gasteiger partial charge on any atom is -0.497 e. The Hall–Kier alpha value is -2.07. The Balaban J connectivity index is 2.28. The molecule has 2 aromatic carbocycles. The van der Waals surface area contributed by atoms with Crippen LogP contribution in [0.25, 0.3) is 0 Å². The summed E-state index contributed by atoms with van der Waals surface area (Å²) in [6.45, 7) is 0. The monoisotopic (exact) mass is 278 g/mol. The maximum absolute atomic E-state index is 5.98. The highest BCUT2D eigenvalue weighted by Gasteiger charge is 2.04. The molecule has 19 heavy (non-hydrogen) atoms. The maximum Gasteiger partial charge on any atom is 0.139 e. The number of hydrogen-bond acceptors (Lipinski definition) is 4. The van der Waals surface area contributed by atoms with Gasteiger partial charge in [0.25, 0.3) is 0 Å². The van der Waals surface area contributed by atoms with Crippen LogP contribution < -0.4 is 20.5 Å². The van der Waals surface area contributed by atoms with Crippen LogP contribution in [0, 0.1) is 0 Å². The number of nitrogens with two attached hydrogens (primary N) is 1. The zero-order valence-electron chi connectivity index (χ0n) is 10.7. The largest absolute Gasteiger partial charge is 0.497 e. The van der Waals surface area contributed by atoms with E-state index in [1.807, 2.05) is 24.3 Å². The van der Waals surface area contributed by atoms with Crippen molar-refractivity contribution in [2.45, 2.75) is 0 Å². The van der Waals surface area contributed by atoms with Gasteiger partial charge in [-0.2, -0.15) is 0 Å². The second-order valence-electron chi connectivity index (χ2n) is 3.97. The molecule has 4 nitrogen and oxygen atoms in total. The van der Waals surface area contributed by atoms with Crippen LogP contribution in [-0.4, -0.2) is 14.2 Å². The zero-order valence-corrected chi connectivity index (χ0v) is 11.5. The van der Waals surface area contributed by atoms with Crippen molar-refractivity contribution in [3.05, 3.63) is 41.4 Å². The summed E-state index contributed by atoms with van der Waals surface area (Å²) in [7, 11) is 3.18. The molecule has 0 spiro atoms. The molecule has 0 amide bonds. The summed E-state index contributed by atoms with van der Waals surface area (Å²) in [5, 5.41) is 3.79. The molecule has 2 rings (SSSR count). The molecule has 100 valence electrons. The molecule has 0 unspecified atom stereocenters. The lowest BCUT2D eigenvalue weighted by atomic mass is 10.2. The first kappa shape index (κ1) is 13.4. The van der Waals surface area contributed by atoms with Gasteiger partial charge in [0.2, 0.25) is 0 Å². The normalized spacial score (nSPS) is 10.1. The molecule has 3 N–H and O–H groups in total. The molecule has 0 bridgehead atoms. The predicted octanol–water partition coefficient (Wildman–Crippen LogP) is 3.68. The van der Waals surface area contributed by atoms with Gasteiger partial charge in [0, 0.05) is 35.3 Å². The van der Waals surface area contributed by atoms with Gasteiger partial charge < -0.3 is 20.5 Å². The molecule has 0 saturated heterocycles. The van der Waals surface area contributed by atoms with Crippen molar-refractivity contribution in [2.24, 2.45) is 0 Å². The Morgan fingerprint density at radius 3 is 2.47 bits per heavy atom. The summed E-state index contributed by atoms with van der Waals surface area (Å²) in [5.41, 5.74) is 8.12. The van der Waals surface area contributed by atoms with E-state index in [-0.39, 0.29) is 0 Å². The van der Waals surface area contributed by atoms with Crippen molar-refractivity contribution in [1.29, 1.82) is 0 Å². The highest BCUT2D eigenvalue weighted by molar-refractivity contribution is 6.32. The van der Waals surface area contributed by atoms with E-state index >= 15 is 0 Å².